The van der Waals surface area contributed by atoms with Crippen LogP contribution in [0.5, 0.6) is 11.5 Å². The van der Waals surface area contributed by atoms with E-state index >= 15 is 0 Å². The molecule has 0 bridgehead atoms. The third-order valence-corrected chi connectivity index (χ3v) is 3.69. The molecule has 1 aromatic rings. The first kappa shape index (κ1) is 14.4. The van der Waals surface area contributed by atoms with E-state index in [4.69, 9.17) is 16.3 Å². The molecule has 1 unspecified atom stereocenters. The fourth-order valence-electron chi connectivity index (χ4n) is 2.55. The zero-order valence-electron chi connectivity index (χ0n) is 11.4. The van der Waals surface area contributed by atoms with Crippen LogP contribution in [0.4, 0.5) is 0 Å². The number of benzene rings is 1. The van der Waals surface area contributed by atoms with Crippen molar-refractivity contribution in [2.75, 3.05) is 27.2 Å². The Labute approximate surface area is 119 Å². The summed E-state index contributed by atoms with van der Waals surface area (Å²) in [5, 5.41) is 14.1. The molecule has 1 aliphatic rings. The minimum atomic E-state index is 0.179. The van der Waals surface area contributed by atoms with Gasteiger partial charge in [-0.25, -0.2) is 0 Å². The Morgan fingerprint density at radius 3 is 2.95 bits per heavy atom. The van der Waals surface area contributed by atoms with Crippen molar-refractivity contribution in [3.05, 3.63) is 22.7 Å². The normalized spacial score (nSPS) is 19.1. The van der Waals surface area contributed by atoms with E-state index in [-0.39, 0.29) is 5.75 Å². The largest absolute Gasteiger partial charge is 0.504 e. The molecule has 1 saturated heterocycles. The minimum Gasteiger partial charge on any atom is -0.504 e. The van der Waals surface area contributed by atoms with Gasteiger partial charge in [-0.05, 0) is 32.5 Å². The van der Waals surface area contributed by atoms with Crippen LogP contribution in [0.1, 0.15) is 18.4 Å². The van der Waals surface area contributed by atoms with Gasteiger partial charge in [0.15, 0.2) is 11.5 Å². The Morgan fingerprint density at radius 2 is 2.32 bits per heavy atom. The maximum atomic E-state index is 10.1. The van der Waals surface area contributed by atoms with Crippen LogP contribution in [0, 0.1) is 0 Å². The molecule has 106 valence electrons. The second-order valence-corrected chi connectivity index (χ2v) is 5.54. The van der Waals surface area contributed by atoms with Crippen LogP contribution in [0.3, 0.4) is 0 Å². The summed E-state index contributed by atoms with van der Waals surface area (Å²) in [5.74, 6) is 0.605. The molecule has 0 aliphatic carbocycles. The summed E-state index contributed by atoms with van der Waals surface area (Å²) in [4.78, 5) is 2.19. The number of methoxy groups -OCH3 is 1. The van der Waals surface area contributed by atoms with E-state index in [1.807, 2.05) is 7.05 Å². The van der Waals surface area contributed by atoms with E-state index in [2.05, 4.69) is 10.2 Å². The summed E-state index contributed by atoms with van der Waals surface area (Å²) in [6.45, 7) is 2.73. The maximum Gasteiger partial charge on any atom is 0.162 e. The molecule has 0 amide bonds. The van der Waals surface area contributed by atoms with Crippen molar-refractivity contribution in [2.24, 2.45) is 0 Å². The molecule has 0 radical (unpaired) electrons. The number of likely N-dealkylation sites (N-methyl/N-ethyl adjacent to an activating group) is 1. The van der Waals surface area contributed by atoms with Crippen LogP contribution in [-0.4, -0.2) is 43.3 Å². The first-order valence-corrected chi connectivity index (χ1v) is 6.95. The molecule has 19 heavy (non-hydrogen) atoms. The number of nitrogens with zero attached hydrogens (tertiary/aromatic N) is 1. The lowest BCUT2D eigenvalue weighted by atomic mass is 10.1. The zero-order valence-corrected chi connectivity index (χ0v) is 12.2. The Balaban J connectivity index is 2.03. The summed E-state index contributed by atoms with van der Waals surface area (Å²) < 4.78 is 5.12. The third-order valence-electron chi connectivity index (χ3n) is 3.47. The Bertz CT molecular complexity index is 434. The van der Waals surface area contributed by atoms with Gasteiger partial charge in [0.2, 0.25) is 0 Å². The number of ether oxygens (including phenoxy) is 1. The van der Waals surface area contributed by atoms with Gasteiger partial charge < -0.3 is 20.1 Å². The monoisotopic (exact) mass is 284 g/mol. The van der Waals surface area contributed by atoms with E-state index in [0.29, 0.717) is 23.4 Å². The predicted molar refractivity (Wildman–Crippen MR) is 77.0 cm³/mol. The minimum absolute atomic E-state index is 0.179. The van der Waals surface area contributed by atoms with Crippen molar-refractivity contribution in [1.82, 2.24) is 10.2 Å². The average Bonchev–Trinajstić information content (AvgIpc) is 2.86. The molecule has 1 aromatic carbocycles. The van der Waals surface area contributed by atoms with Crippen molar-refractivity contribution < 1.29 is 9.84 Å². The second-order valence-electron chi connectivity index (χ2n) is 5.11. The number of phenolic OH excluding ortho intramolecular Hbond substituents is 1. The van der Waals surface area contributed by atoms with E-state index in [0.717, 1.165) is 18.7 Å². The molecule has 1 atom stereocenters. The first-order valence-electron chi connectivity index (χ1n) is 6.57. The summed E-state index contributed by atoms with van der Waals surface area (Å²) in [5.41, 5.74) is 0.796. The van der Waals surface area contributed by atoms with Crippen LogP contribution < -0.4 is 10.1 Å². The number of aromatic hydroxyl groups is 1. The molecule has 2 rings (SSSR count). The van der Waals surface area contributed by atoms with Gasteiger partial charge in [0.1, 0.15) is 0 Å². The lowest BCUT2D eigenvalue weighted by Gasteiger charge is -2.22. The summed E-state index contributed by atoms with van der Waals surface area (Å²) in [7, 11) is 3.58. The quantitative estimate of drug-likeness (QED) is 0.870. The highest BCUT2D eigenvalue weighted by atomic mass is 35.5. The molecular weight excluding hydrogens is 264 g/mol. The molecule has 1 aliphatic heterocycles. The van der Waals surface area contributed by atoms with Crippen molar-refractivity contribution in [3.8, 4) is 11.5 Å². The number of rotatable bonds is 5. The van der Waals surface area contributed by atoms with E-state index < -0.39 is 0 Å². The fourth-order valence-corrected chi connectivity index (χ4v) is 2.78. The van der Waals surface area contributed by atoms with Crippen LogP contribution in [0.25, 0.3) is 0 Å². The SMILES string of the molecule is COc1cc(Cl)cc(CN(C)CC2CCCN2)c1O. The van der Waals surface area contributed by atoms with Crippen molar-refractivity contribution >= 4 is 11.6 Å². The lowest BCUT2D eigenvalue weighted by molar-refractivity contribution is 0.286. The Hall–Kier alpha value is -0.970. The number of hydrogen-bond donors (Lipinski definition) is 2. The van der Waals surface area contributed by atoms with Gasteiger partial charge in [-0.15, -0.1) is 0 Å². The van der Waals surface area contributed by atoms with Gasteiger partial charge in [-0.2, -0.15) is 0 Å². The predicted octanol–water partition coefficient (Wildman–Crippen LogP) is 2.24. The smallest absolute Gasteiger partial charge is 0.162 e. The van der Waals surface area contributed by atoms with Crippen molar-refractivity contribution in [2.45, 2.75) is 25.4 Å². The van der Waals surface area contributed by atoms with Crippen LogP contribution in [0.15, 0.2) is 12.1 Å². The first-order chi connectivity index (χ1) is 9.10. The summed E-state index contributed by atoms with van der Waals surface area (Å²) >= 11 is 6.03. The highest BCUT2D eigenvalue weighted by Gasteiger charge is 2.17. The standard InChI is InChI=1S/C14H21ClN2O2/c1-17(9-12-4-3-5-16-12)8-10-6-11(15)7-13(19-2)14(10)18/h6-7,12,16,18H,3-5,8-9H2,1-2H3. The third kappa shape index (κ3) is 3.75. The van der Waals surface area contributed by atoms with Crippen molar-refractivity contribution in [3.63, 3.8) is 0 Å². The van der Waals surface area contributed by atoms with Gasteiger partial charge in [-0.1, -0.05) is 11.6 Å². The molecule has 0 aromatic heterocycles. The van der Waals surface area contributed by atoms with Gasteiger partial charge in [0.05, 0.1) is 7.11 Å². The number of nitrogens with one attached hydrogen (secondary N) is 1. The van der Waals surface area contributed by atoms with Crippen LogP contribution in [0.2, 0.25) is 5.02 Å². The molecule has 1 heterocycles. The maximum absolute atomic E-state index is 10.1. The molecule has 0 spiro atoms. The summed E-state index contributed by atoms with van der Waals surface area (Å²) in [6, 6.07) is 3.96. The molecule has 0 saturated carbocycles. The molecule has 4 nitrogen and oxygen atoms in total. The molecule has 5 heteroatoms. The second kappa shape index (κ2) is 6.46. The topological polar surface area (TPSA) is 44.7 Å². The Kier molecular flexibility index (Phi) is 4.91. The number of halogens is 1. The Morgan fingerprint density at radius 1 is 1.53 bits per heavy atom. The number of phenols is 1. The number of hydrogen-bond acceptors (Lipinski definition) is 4. The highest BCUT2D eigenvalue weighted by molar-refractivity contribution is 6.30. The van der Waals surface area contributed by atoms with E-state index in [1.165, 1.54) is 20.0 Å². The van der Waals surface area contributed by atoms with Crippen LogP contribution >= 0.6 is 11.6 Å². The molecule has 1 fully saturated rings. The van der Waals surface area contributed by atoms with E-state index in [1.54, 1.807) is 12.1 Å². The summed E-state index contributed by atoms with van der Waals surface area (Å²) in [6.07, 6.45) is 2.46. The van der Waals surface area contributed by atoms with Crippen molar-refractivity contribution in [1.29, 1.82) is 0 Å². The van der Waals surface area contributed by atoms with Crippen LogP contribution in [-0.2, 0) is 6.54 Å². The lowest BCUT2D eigenvalue weighted by Crippen LogP contribution is -2.34. The van der Waals surface area contributed by atoms with Gasteiger partial charge >= 0.3 is 0 Å². The van der Waals surface area contributed by atoms with Gasteiger partial charge in [-0.3, -0.25) is 0 Å². The fraction of sp³-hybridized carbons (Fsp3) is 0.571. The zero-order chi connectivity index (χ0) is 13.8. The van der Waals surface area contributed by atoms with Gasteiger partial charge in [0, 0.05) is 35.8 Å². The van der Waals surface area contributed by atoms with E-state index in [9.17, 15) is 5.11 Å². The molecular formula is C14H21ClN2O2. The highest BCUT2D eigenvalue weighted by Crippen LogP contribution is 2.34. The average molecular weight is 285 g/mol. The molecule has 2 N–H and O–H groups in total. The van der Waals surface area contributed by atoms with Gasteiger partial charge in [0.25, 0.3) is 0 Å².